The van der Waals surface area contributed by atoms with Gasteiger partial charge in [-0.3, -0.25) is 4.90 Å². The molecule has 100 valence electrons. The maximum Gasteiger partial charge on any atom is 0.0246 e. The Hall–Kier alpha value is -0.0800. The summed E-state index contributed by atoms with van der Waals surface area (Å²) < 4.78 is 0. The molecule has 2 aliphatic carbocycles. The van der Waals surface area contributed by atoms with Crippen molar-refractivity contribution in [3.8, 4) is 0 Å². The molecule has 0 aromatic heterocycles. The molecule has 17 heavy (non-hydrogen) atoms. The van der Waals surface area contributed by atoms with Crippen LogP contribution in [0.15, 0.2) is 0 Å². The highest BCUT2D eigenvalue weighted by atomic mass is 15.2. The second kappa shape index (κ2) is 5.71. The Morgan fingerprint density at radius 1 is 1.12 bits per heavy atom. The van der Waals surface area contributed by atoms with Crippen LogP contribution in [0.5, 0.6) is 0 Å². The molecule has 2 rings (SSSR count). The van der Waals surface area contributed by atoms with Gasteiger partial charge in [0.25, 0.3) is 0 Å². The topological polar surface area (TPSA) is 29.3 Å². The molecule has 0 amide bonds. The smallest absolute Gasteiger partial charge is 0.0246 e. The van der Waals surface area contributed by atoms with Crippen molar-refractivity contribution in [2.45, 2.75) is 64.5 Å². The van der Waals surface area contributed by atoms with Crippen LogP contribution in [0.2, 0.25) is 0 Å². The lowest BCUT2D eigenvalue weighted by Gasteiger charge is -2.40. The fourth-order valence-corrected chi connectivity index (χ4v) is 3.62. The van der Waals surface area contributed by atoms with Crippen molar-refractivity contribution in [1.82, 2.24) is 4.90 Å². The summed E-state index contributed by atoms with van der Waals surface area (Å²) in [4.78, 5) is 2.63. The van der Waals surface area contributed by atoms with Gasteiger partial charge in [0.2, 0.25) is 0 Å². The summed E-state index contributed by atoms with van der Waals surface area (Å²) in [6, 6.07) is 1.45. The van der Waals surface area contributed by atoms with Gasteiger partial charge in [0.15, 0.2) is 0 Å². The van der Waals surface area contributed by atoms with Crippen LogP contribution in [-0.4, -0.2) is 30.6 Å². The normalized spacial score (nSPS) is 32.1. The van der Waals surface area contributed by atoms with Crippen molar-refractivity contribution in [3.63, 3.8) is 0 Å². The van der Waals surface area contributed by atoms with E-state index >= 15 is 0 Å². The van der Waals surface area contributed by atoms with E-state index in [9.17, 15) is 0 Å². The quantitative estimate of drug-likeness (QED) is 0.798. The Balaban J connectivity index is 1.91. The highest BCUT2D eigenvalue weighted by Crippen LogP contribution is 2.38. The van der Waals surface area contributed by atoms with Gasteiger partial charge < -0.3 is 5.73 Å². The molecule has 2 heteroatoms. The van der Waals surface area contributed by atoms with Gasteiger partial charge in [0, 0.05) is 18.6 Å². The van der Waals surface area contributed by atoms with E-state index in [1.165, 1.54) is 38.5 Å². The summed E-state index contributed by atoms with van der Waals surface area (Å²) in [6.07, 6.45) is 8.47. The first-order valence-electron chi connectivity index (χ1n) is 7.55. The second-order valence-corrected chi connectivity index (χ2v) is 6.63. The van der Waals surface area contributed by atoms with Crippen molar-refractivity contribution in [2.24, 2.45) is 23.5 Å². The molecular weight excluding hydrogens is 208 g/mol. The third-order valence-electron chi connectivity index (χ3n) is 5.14. The molecule has 0 heterocycles. The van der Waals surface area contributed by atoms with Gasteiger partial charge in [-0.1, -0.05) is 26.7 Å². The fourth-order valence-electron chi connectivity index (χ4n) is 3.62. The van der Waals surface area contributed by atoms with Gasteiger partial charge in [-0.25, -0.2) is 0 Å². The van der Waals surface area contributed by atoms with E-state index in [2.05, 4.69) is 25.8 Å². The Labute approximate surface area is 107 Å². The van der Waals surface area contributed by atoms with E-state index in [1.807, 2.05) is 0 Å². The largest absolute Gasteiger partial charge is 0.329 e. The van der Waals surface area contributed by atoms with Crippen LogP contribution in [0.4, 0.5) is 0 Å². The monoisotopic (exact) mass is 238 g/mol. The Kier molecular flexibility index (Phi) is 4.48. The van der Waals surface area contributed by atoms with E-state index in [4.69, 9.17) is 5.73 Å². The molecular formula is C15H30N2. The summed E-state index contributed by atoms with van der Waals surface area (Å²) in [5.41, 5.74) is 5.97. The van der Waals surface area contributed by atoms with Crippen LogP contribution < -0.4 is 5.73 Å². The van der Waals surface area contributed by atoms with Gasteiger partial charge in [-0.2, -0.15) is 0 Å². The number of likely N-dealkylation sites (N-methyl/N-ethyl adjacent to an activating group) is 1. The Bertz CT molecular complexity index is 235. The Morgan fingerprint density at radius 2 is 1.82 bits per heavy atom. The number of hydrogen-bond donors (Lipinski definition) is 1. The van der Waals surface area contributed by atoms with Crippen molar-refractivity contribution in [3.05, 3.63) is 0 Å². The van der Waals surface area contributed by atoms with Crippen LogP contribution in [0, 0.1) is 17.8 Å². The number of rotatable bonds is 5. The Morgan fingerprint density at radius 3 is 2.35 bits per heavy atom. The summed E-state index contributed by atoms with van der Waals surface area (Å²) in [5.74, 6) is 2.70. The van der Waals surface area contributed by atoms with Crippen LogP contribution in [-0.2, 0) is 0 Å². The molecule has 2 N–H and O–H groups in total. The standard InChI is InChI=1S/C15H30N2/c1-11(2)13-5-4-6-14(9-13)17(3)15(10-16)12-7-8-12/h11-15H,4-10,16H2,1-3H3. The van der Waals surface area contributed by atoms with Crippen LogP contribution in [0.25, 0.3) is 0 Å². The molecule has 0 saturated heterocycles. The van der Waals surface area contributed by atoms with E-state index in [1.54, 1.807) is 0 Å². The maximum atomic E-state index is 5.97. The molecule has 3 atom stereocenters. The maximum absolute atomic E-state index is 5.97. The molecule has 0 aromatic carbocycles. The molecule has 2 nitrogen and oxygen atoms in total. The predicted octanol–water partition coefficient (Wildman–Crippen LogP) is 2.87. The predicted molar refractivity (Wildman–Crippen MR) is 73.9 cm³/mol. The van der Waals surface area contributed by atoms with Crippen molar-refractivity contribution < 1.29 is 0 Å². The first kappa shape index (κ1) is 13.4. The van der Waals surface area contributed by atoms with E-state index in [-0.39, 0.29) is 0 Å². The first-order valence-corrected chi connectivity index (χ1v) is 7.55. The number of nitrogens with two attached hydrogens (primary N) is 1. The molecule has 0 aliphatic heterocycles. The second-order valence-electron chi connectivity index (χ2n) is 6.63. The van der Waals surface area contributed by atoms with Gasteiger partial charge in [-0.15, -0.1) is 0 Å². The zero-order valence-corrected chi connectivity index (χ0v) is 11.9. The van der Waals surface area contributed by atoms with Crippen molar-refractivity contribution in [1.29, 1.82) is 0 Å². The highest BCUT2D eigenvalue weighted by molar-refractivity contribution is 4.92. The molecule has 3 unspecified atom stereocenters. The zero-order chi connectivity index (χ0) is 12.4. The summed E-state index contributed by atoms with van der Waals surface area (Å²) in [7, 11) is 2.32. The lowest BCUT2D eigenvalue weighted by atomic mass is 9.78. The van der Waals surface area contributed by atoms with Gasteiger partial charge in [0.1, 0.15) is 0 Å². The minimum atomic E-state index is 0.658. The molecule has 0 bridgehead atoms. The van der Waals surface area contributed by atoms with Crippen LogP contribution in [0.1, 0.15) is 52.4 Å². The third kappa shape index (κ3) is 3.23. The van der Waals surface area contributed by atoms with Crippen LogP contribution >= 0.6 is 0 Å². The average Bonchev–Trinajstić information content (AvgIpc) is 3.14. The van der Waals surface area contributed by atoms with Gasteiger partial charge in [-0.05, 0) is 50.5 Å². The van der Waals surface area contributed by atoms with E-state index in [0.717, 1.165) is 30.3 Å². The lowest BCUT2D eigenvalue weighted by Crippen LogP contribution is -2.47. The first-order chi connectivity index (χ1) is 8.13. The minimum Gasteiger partial charge on any atom is -0.329 e. The van der Waals surface area contributed by atoms with Crippen LogP contribution in [0.3, 0.4) is 0 Å². The third-order valence-corrected chi connectivity index (χ3v) is 5.14. The lowest BCUT2D eigenvalue weighted by molar-refractivity contribution is 0.0934. The molecule has 0 spiro atoms. The molecule has 2 aliphatic rings. The summed E-state index contributed by atoms with van der Waals surface area (Å²) in [5, 5.41) is 0. The van der Waals surface area contributed by atoms with E-state index in [0.29, 0.717) is 6.04 Å². The highest BCUT2D eigenvalue weighted by Gasteiger charge is 2.37. The number of hydrogen-bond acceptors (Lipinski definition) is 2. The van der Waals surface area contributed by atoms with E-state index < -0.39 is 0 Å². The SMILES string of the molecule is CC(C)C1CCCC(N(C)C(CN)C2CC2)C1. The molecule has 2 saturated carbocycles. The van der Waals surface area contributed by atoms with Gasteiger partial charge >= 0.3 is 0 Å². The summed E-state index contributed by atoms with van der Waals surface area (Å²) >= 11 is 0. The molecule has 0 aromatic rings. The summed E-state index contributed by atoms with van der Waals surface area (Å²) in [6.45, 7) is 5.62. The molecule has 2 fully saturated rings. The number of nitrogens with zero attached hydrogens (tertiary/aromatic N) is 1. The molecule has 0 radical (unpaired) electrons. The van der Waals surface area contributed by atoms with Gasteiger partial charge in [0.05, 0.1) is 0 Å². The zero-order valence-electron chi connectivity index (χ0n) is 11.9. The van der Waals surface area contributed by atoms with Crippen molar-refractivity contribution >= 4 is 0 Å². The van der Waals surface area contributed by atoms with Crippen molar-refractivity contribution in [2.75, 3.05) is 13.6 Å². The fraction of sp³-hybridized carbons (Fsp3) is 1.00. The average molecular weight is 238 g/mol. The minimum absolute atomic E-state index is 0.658.